The lowest BCUT2D eigenvalue weighted by Crippen LogP contribution is -2.05. The maximum absolute atomic E-state index is 10.7. The van der Waals surface area contributed by atoms with Crippen LogP contribution in [0.4, 0.5) is 5.69 Å². The molecule has 0 aromatic heterocycles. The van der Waals surface area contributed by atoms with Crippen molar-refractivity contribution < 1.29 is 9.66 Å². The molecule has 2 unspecified atom stereocenters. The van der Waals surface area contributed by atoms with Gasteiger partial charge in [-0.1, -0.05) is 34.7 Å². The lowest BCUT2D eigenvalue weighted by molar-refractivity contribution is -0.384. The predicted molar refractivity (Wildman–Crippen MR) is 69.1 cm³/mol. The van der Waals surface area contributed by atoms with Crippen LogP contribution in [0.1, 0.15) is 17.9 Å². The smallest absolute Gasteiger partial charge is 0.269 e. The SMILES string of the molecule is O=[N+]([O-])c1cccc(C2COC(CI)C2)c1. The van der Waals surface area contributed by atoms with E-state index < -0.39 is 0 Å². The monoisotopic (exact) mass is 333 g/mol. The summed E-state index contributed by atoms with van der Waals surface area (Å²) in [6.07, 6.45) is 1.26. The Labute approximate surface area is 107 Å². The van der Waals surface area contributed by atoms with Crippen LogP contribution in [0.3, 0.4) is 0 Å². The molecule has 1 saturated heterocycles. The van der Waals surface area contributed by atoms with Crippen molar-refractivity contribution in [1.29, 1.82) is 0 Å². The normalized spacial score (nSPS) is 24.6. The summed E-state index contributed by atoms with van der Waals surface area (Å²) in [4.78, 5) is 10.3. The first-order valence-electron chi connectivity index (χ1n) is 5.12. The molecule has 1 aliphatic rings. The Balaban J connectivity index is 2.15. The Morgan fingerprint density at radius 2 is 2.38 bits per heavy atom. The van der Waals surface area contributed by atoms with Gasteiger partial charge in [0.25, 0.3) is 5.69 Å². The number of nitro groups is 1. The third-order valence-corrected chi connectivity index (χ3v) is 3.79. The summed E-state index contributed by atoms with van der Waals surface area (Å²) in [6.45, 7) is 0.675. The maximum Gasteiger partial charge on any atom is 0.269 e. The van der Waals surface area contributed by atoms with Crippen molar-refractivity contribution in [2.75, 3.05) is 11.0 Å². The number of hydrogen-bond acceptors (Lipinski definition) is 3. The Hall–Kier alpha value is -0.690. The van der Waals surface area contributed by atoms with Gasteiger partial charge >= 0.3 is 0 Å². The number of nitrogens with zero attached hydrogens (tertiary/aromatic N) is 1. The number of hydrogen-bond donors (Lipinski definition) is 0. The molecule has 1 fully saturated rings. The number of benzene rings is 1. The number of nitro benzene ring substituents is 1. The molecule has 0 bridgehead atoms. The summed E-state index contributed by atoms with van der Waals surface area (Å²) in [5.74, 6) is 0.305. The van der Waals surface area contributed by atoms with Gasteiger partial charge in [-0.2, -0.15) is 0 Å². The molecular formula is C11H12INO3. The third-order valence-electron chi connectivity index (χ3n) is 2.81. The number of alkyl halides is 1. The van der Waals surface area contributed by atoms with Gasteiger partial charge in [-0.05, 0) is 12.0 Å². The predicted octanol–water partition coefficient (Wildman–Crippen LogP) is 2.90. The van der Waals surface area contributed by atoms with E-state index >= 15 is 0 Å². The molecule has 16 heavy (non-hydrogen) atoms. The van der Waals surface area contributed by atoms with E-state index in [4.69, 9.17) is 4.74 Å². The molecule has 0 radical (unpaired) electrons. The number of rotatable bonds is 3. The Morgan fingerprint density at radius 3 is 3.00 bits per heavy atom. The largest absolute Gasteiger partial charge is 0.377 e. The van der Waals surface area contributed by atoms with Crippen LogP contribution in [-0.4, -0.2) is 22.1 Å². The van der Waals surface area contributed by atoms with E-state index in [-0.39, 0.29) is 10.6 Å². The van der Waals surface area contributed by atoms with Crippen molar-refractivity contribution in [1.82, 2.24) is 0 Å². The third kappa shape index (κ3) is 2.52. The second-order valence-corrected chi connectivity index (χ2v) is 4.78. The van der Waals surface area contributed by atoms with E-state index in [2.05, 4.69) is 22.6 Å². The van der Waals surface area contributed by atoms with E-state index in [1.807, 2.05) is 6.07 Å². The molecule has 0 aliphatic carbocycles. The zero-order chi connectivity index (χ0) is 11.5. The van der Waals surface area contributed by atoms with Crippen molar-refractivity contribution in [3.8, 4) is 0 Å². The molecule has 5 heteroatoms. The summed E-state index contributed by atoms with van der Waals surface area (Å²) in [5, 5.41) is 10.7. The molecule has 1 aromatic rings. The zero-order valence-corrected chi connectivity index (χ0v) is 10.8. The minimum atomic E-state index is -0.352. The van der Waals surface area contributed by atoms with Crippen molar-refractivity contribution >= 4 is 28.3 Å². The minimum absolute atomic E-state index is 0.162. The van der Waals surface area contributed by atoms with Gasteiger partial charge in [-0.25, -0.2) is 0 Å². The van der Waals surface area contributed by atoms with Crippen LogP contribution in [0, 0.1) is 10.1 Å². The molecule has 1 aliphatic heterocycles. The van der Waals surface area contributed by atoms with Gasteiger partial charge in [0, 0.05) is 22.5 Å². The quantitative estimate of drug-likeness (QED) is 0.370. The van der Waals surface area contributed by atoms with Crippen molar-refractivity contribution in [2.24, 2.45) is 0 Å². The first kappa shape index (κ1) is 11.8. The number of non-ortho nitro benzene ring substituents is 1. The number of halogens is 1. The highest BCUT2D eigenvalue weighted by Crippen LogP contribution is 2.31. The van der Waals surface area contributed by atoms with Gasteiger partial charge in [0.2, 0.25) is 0 Å². The van der Waals surface area contributed by atoms with E-state index in [1.54, 1.807) is 12.1 Å². The van der Waals surface area contributed by atoms with Crippen LogP contribution in [0.15, 0.2) is 24.3 Å². The van der Waals surface area contributed by atoms with Gasteiger partial charge in [-0.3, -0.25) is 10.1 Å². The van der Waals surface area contributed by atoms with Gasteiger partial charge in [-0.15, -0.1) is 0 Å². The topological polar surface area (TPSA) is 52.4 Å². The summed E-state index contributed by atoms with van der Waals surface area (Å²) < 4.78 is 6.57. The van der Waals surface area contributed by atoms with E-state index in [0.717, 1.165) is 16.4 Å². The molecule has 0 N–H and O–H groups in total. The highest BCUT2D eigenvalue weighted by Gasteiger charge is 2.26. The van der Waals surface area contributed by atoms with E-state index in [9.17, 15) is 10.1 Å². The summed E-state index contributed by atoms with van der Waals surface area (Å²) >= 11 is 2.30. The number of ether oxygens (including phenoxy) is 1. The van der Waals surface area contributed by atoms with Gasteiger partial charge < -0.3 is 4.74 Å². The first-order valence-corrected chi connectivity index (χ1v) is 6.65. The van der Waals surface area contributed by atoms with Gasteiger partial charge in [0.05, 0.1) is 17.6 Å². The fourth-order valence-corrected chi connectivity index (χ4v) is 2.55. The van der Waals surface area contributed by atoms with Crippen LogP contribution >= 0.6 is 22.6 Å². The highest BCUT2D eigenvalue weighted by molar-refractivity contribution is 14.1. The molecule has 2 atom stereocenters. The molecule has 1 aromatic carbocycles. The molecule has 0 spiro atoms. The maximum atomic E-state index is 10.7. The summed E-state index contributed by atoms with van der Waals surface area (Å²) in [7, 11) is 0. The van der Waals surface area contributed by atoms with Crippen LogP contribution in [0.25, 0.3) is 0 Å². The average molecular weight is 333 g/mol. The lowest BCUT2D eigenvalue weighted by atomic mass is 9.96. The van der Waals surface area contributed by atoms with Crippen LogP contribution in [-0.2, 0) is 4.74 Å². The van der Waals surface area contributed by atoms with Crippen molar-refractivity contribution in [3.63, 3.8) is 0 Å². The Bertz CT molecular complexity index is 397. The Morgan fingerprint density at radius 1 is 1.56 bits per heavy atom. The Kier molecular flexibility index (Phi) is 3.75. The van der Waals surface area contributed by atoms with E-state index in [1.165, 1.54) is 6.07 Å². The van der Waals surface area contributed by atoms with Gasteiger partial charge in [0.15, 0.2) is 0 Å². The standard InChI is InChI=1S/C11H12INO3/c12-6-11-5-9(7-16-11)8-2-1-3-10(4-8)13(14)15/h1-4,9,11H,5-7H2. The fraction of sp³-hybridized carbons (Fsp3) is 0.455. The second-order valence-electron chi connectivity index (χ2n) is 3.89. The lowest BCUT2D eigenvalue weighted by Gasteiger charge is -2.07. The summed E-state index contributed by atoms with van der Waals surface area (Å²) in [6, 6.07) is 6.86. The van der Waals surface area contributed by atoms with Crippen LogP contribution in [0.5, 0.6) is 0 Å². The van der Waals surface area contributed by atoms with Gasteiger partial charge in [0.1, 0.15) is 0 Å². The highest BCUT2D eigenvalue weighted by atomic mass is 127. The molecule has 4 nitrogen and oxygen atoms in total. The van der Waals surface area contributed by atoms with E-state index in [0.29, 0.717) is 18.6 Å². The average Bonchev–Trinajstić information content (AvgIpc) is 2.77. The molecule has 1 heterocycles. The first-order chi connectivity index (χ1) is 7.70. The van der Waals surface area contributed by atoms with Crippen molar-refractivity contribution in [3.05, 3.63) is 39.9 Å². The molecule has 0 amide bonds. The van der Waals surface area contributed by atoms with Crippen molar-refractivity contribution in [2.45, 2.75) is 18.4 Å². The molecule has 0 saturated carbocycles. The molecule has 2 rings (SSSR count). The second kappa shape index (κ2) is 5.09. The minimum Gasteiger partial charge on any atom is -0.377 e. The fourth-order valence-electron chi connectivity index (χ4n) is 1.94. The van der Waals surface area contributed by atoms with Crippen LogP contribution < -0.4 is 0 Å². The van der Waals surface area contributed by atoms with Crippen LogP contribution in [0.2, 0.25) is 0 Å². The molecule has 86 valence electrons. The zero-order valence-electron chi connectivity index (χ0n) is 8.64. The molecular weight excluding hydrogens is 321 g/mol. The summed E-state index contributed by atoms with van der Waals surface area (Å²) in [5.41, 5.74) is 1.18.